The van der Waals surface area contributed by atoms with Crippen molar-refractivity contribution in [2.45, 2.75) is 70.2 Å². The molecule has 0 spiro atoms. The molecule has 0 radical (unpaired) electrons. The van der Waals surface area contributed by atoms with Crippen LogP contribution in [0.4, 0.5) is 0 Å². The molecule has 20 heavy (non-hydrogen) atoms. The van der Waals surface area contributed by atoms with E-state index in [0.29, 0.717) is 6.04 Å². The first-order chi connectivity index (χ1) is 9.81. The Labute approximate surface area is 129 Å². The molecule has 1 aromatic rings. The van der Waals surface area contributed by atoms with Gasteiger partial charge in [0.2, 0.25) is 0 Å². The van der Waals surface area contributed by atoms with Gasteiger partial charge >= 0.3 is 0 Å². The third-order valence-corrected chi connectivity index (χ3v) is 4.47. The van der Waals surface area contributed by atoms with Crippen molar-refractivity contribution >= 4 is 11.8 Å². The van der Waals surface area contributed by atoms with Crippen molar-refractivity contribution in [3.05, 3.63) is 29.8 Å². The van der Waals surface area contributed by atoms with Gasteiger partial charge in [-0.1, -0.05) is 58.6 Å². The molecule has 0 bridgehead atoms. The molecule has 1 aromatic carbocycles. The van der Waals surface area contributed by atoms with E-state index in [0.717, 1.165) is 12.3 Å². The van der Waals surface area contributed by atoms with E-state index in [2.05, 4.69) is 50.4 Å². The van der Waals surface area contributed by atoms with Gasteiger partial charge in [-0.25, -0.2) is 0 Å². The molecule has 2 heteroatoms. The Kier molecular flexibility index (Phi) is 9.86. The highest BCUT2D eigenvalue weighted by Crippen LogP contribution is 2.24. The number of thioether (sulfide) groups is 1. The maximum Gasteiger partial charge on any atom is 0.0320 e. The lowest BCUT2D eigenvalue weighted by Gasteiger charge is -2.19. The zero-order valence-electron chi connectivity index (χ0n) is 13.5. The molecular weight excluding hydrogens is 262 g/mol. The molecule has 114 valence electrons. The average Bonchev–Trinajstić information content (AvgIpc) is 2.48. The van der Waals surface area contributed by atoms with Gasteiger partial charge < -0.3 is 5.32 Å². The molecular formula is C18H31NS. The van der Waals surface area contributed by atoms with Gasteiger partial charge in [0.15, 0.2) is 0 Å². The van der Waals surface area contributed by atoms with Crippen LogP contribution in [0.1, 0.15) is 70.9 Å². The van der Waals surface area contributed by atoms with Crippen molar-refractivity contribution in [3.63, 3.8) is 0 Å². The number of hydrogen-bond acceptors (Lipinski definition) is 2. The first-order valence-electron chi connectivity index (χ1n) is 8.27. The van der Waals surface area contributed by atoms with E-state index in [1.165, 1.54) is 49.0 Å². The maximum absolute atomic E-state index is 3.71. The van der Waals surface area contributed by atoms with Gasteiger partial charge in [-0.2, -0.15) is 0 Å². The lowest BCUT2D eigenvalue weighted by molar-refractivity contribution is 0.470. The molecule has 1 N–H and O–H groups in total. The van der Waals surface area contributed by atoms with E-state index < -0.39 is 0 Å². The van der Waals surface area contributed by atoms with Crippen LogP contribution >= 0.6 is 11.8 Å². The molecule has 1 atom stereocenters. The lowest BCUT2D eigenvalue weighted by Crippen LogP contribution is -2.22. The van der Waals surface area contributed by atoms with Crippen LogP contribution in [0, 0.1) is 0 Å². The van der Waals surface area contributed by atoms with E-state index in [4.69, 9.17) is 0 Å². The predicted octanol–water partition coefficient (Wildman–Crippen LogP) is 5.81. The Morgan fingerprint density at radius 2 is 1.70 bits per heavy atom. The normalized spacial score (nSPS) is 12.6. The molecule has 0 saturated carbocycles. The van der Waals surface area contributed by atoms with Crippen molar-refractivity contribution in [2.75, 3.05) is 12.3 Å². The minimum atomic E-state index is 0.535. The molecule has 1 unspecified atom stereocenters. The smallest absolute Gasteiger partial charge is 0.0320 e. The van der Waals surface area contributed by atoms with Gasteiger partial charge in [0.25, 0.3) is 0 Å². The predicted molar refractivity (Wildman–Crippen MR) is 92.6 cm³/mol. The summed E-state index contributed by atoms with van der Waals surface area (Å²) in [5.74, 6) is 1.15. The summed E-state index contributed by atoms with van der Waals surface area (Å²) in [5, 5.41) is 3.71. The second-order valence-corrected chi connectivity index (χ2v) is 6.70. The Morgan fingerprint density at radius 1 is 0.950 bits per heavy atom. The molecule has 0 saturated heterocycles. The Morgan fingerprint density at radius 3 is 2.30 bits per heavy atom. The summed E-state index contributed by atoms with van der Waals surface area (Å²) < 4.78 is 0. The van der Waals surface area contributed by atoms with Crippen molar-refractivity contribution in [2.24, 2.45) is 0 Å². The average molecular weight is 294 g/mol. The van der Waals surface area contributed by atoms with Crippen LogP contribution in [-0.2, 0) is 0 Å². The fourth-order valence-corrected chi connectivity index (χ4v) is 3.11. The van der Waals surface area contributed by atoms with Crippen molar-refractivity contribution < 1.29 is 0 Å². The SMILES string of the molecule is CCCCCCC(NCCC)c1ccc(SCC)cc1. The largest absolute Gasteiger partial charge is 0.310 e. The molecule has 0 fully saturated rings. The number of hydrogen-bond donors (Lipinski definition) is 1. The van der Waals surface area contributed by atoms with Gasteiger partial charge in [0, 0.05) is 10.9 Å². The van der Waals surface area contributed by atoms with Gasteiger partial charge in [0.1, 0.15) is 0 Å². The monoisotopic (exact) mass is 293 g/mol. The molecule has 0 aliphatic rings. The second-order valence-electron chi connectivity index (χ2n) is 5.36. The summed E-state index contributed by atoms with van der Waals surface area (Å²) in [5.41, 5.74) is 1.45. The summed E-state index contributed by atoms with van der Waals surface area (Å²) in [6, 6.07) is 9.70. The summed E-state index contributed by atoms with van der Waals surface area (Å²) >= 11 is 1.92. The highest BCUT2D eigenvalue weighted by atomic mass is 32.2. The summed E-state index contributed by atoms with van der Waals surface area (Å²) in [6.07, 6.45) is 7.85. The van der Waals surface area contributed by atoms with Crippen LogP contribution in [0.15, 0.2) is 29.2 Å². The van der Waals surface area contributed by atoms with Crippen LogP contribution in [0.3, 0.4) is 0 Å². The summed E-state index contributed by atoms with van der Waals surface area (Å²) in [7, 11) is 0. The van der Waals surface area contributed by atoms with Crippen molar-refractivity contribution in [1.29, 1.82) is 0 Å². The molecule has 1 rings (SSSR count). The van der Waals surface area contributed by atoms with Crippen LogP contribution in [0.5, 0.6) is 0 Å². The highest BCUT2D eigenvalue weighted by Gasteiger charge is 2.10. The highest BCUT2D eigenvalue weighted by molar-refractivity contribution is 7.99. The van der Waals surface area contributed by atoms with Crippen molar-refractivity contribution in [3.8, 4) is 0 Å². The van der Waals surface area contributed by atoms with Gasteiger partial charge in [-0.3, -0.25) is 0 Å². The minimum Gasteiger partial charge on any atom is -0.310 e. The molecule has 0 aliphatic carbocycles. The molecule has 0 aliphatic heterocycles. The summed E-state index contributed by atoms with van der Waals surface area (Å²) in [4.78, 5) is 1.39. The number of benzene rings is 1. The zero-order chi connectivity index (χ0) is 14.6. The fraction of sp³-hybridized carbons (Fsp3) is 0.667. The molecule has 0 aromatic heterocycles. The zero-order valence-corrected chi connectivity index (χ0v) is 14.3. The van der Waals surface area contributed by atoms with Crippen LogP contribution in [-0.4, -0.2) is 12.3 Å². The third-order valence-electron chi connectivity index (χ3n) is 3.58. The van der Waals surface area contributed by atoms with Crippen LogP contribution < -0.4 is 5.32 Å². The Balaban J connectivity index is 2.56. The Hall–Kier alpha value is -0.470. The van der Waals surface area contributed by atoms with E-state index in [-0.39, 0.29) is 0 Å². The maximum atomic E-state index is 3.71. The molecule has 1 nitrogen and oxygen atoms in total. The standard InChI is InChI=1S/C18H31NS/c1-4-7-8-9-10-18(19-15-5-2)16-11-13-17(14-12-16)20-6-3/h11-14,18-19H,4-10,15H2,1-3H3. The van der Waals surface area contributed by atoms with E-state index >= 15 is 0 Å². The molecule has 0 amide bonds. The quantitative estimate of drug-likeness (QED) is 0.408. The van der Waals surface area contributed by atoms with Gasteiger partial charge in [-0.05, 0) is 42.8 Å². The lowest BCUT2D eigenvalue weighted by atomic mass is 10.00. The topological polar surface area (TPSA) is 12.0 Å². The van der Waals surface area contributed by atoms with Crippen LogP contribution in [0.2, 0.25) is 0 Å². The first-order valence-corrected chi connectivity index (χ1v) is 9.26. The molecule has 0 heterocycles. The third kappa shape index (κ3) is 6.81. The van der Waals surface area contributed by atoms with Crippen molar-refractivity contribution in [1.82, 2.24) is 5.32 Å². The van der Waals surface area contributed by atoms with E-state index in [9.17, 15) is 0 Å². The van der Waals surface area contributed by atoms with Gasteiger partial charge in [0.05, 0.1) is 0 Å². The number of unbranched alkanes of at least 4 members (excludes halogenated alkanes) is 3. The number of nitrogens with one attached hydrogen (secondary N) is 1. The van der Waals surface area contributed by atoms with Gasteiger partial charge in [-0.15, -0.1) is 11.8 Å². The van der Waals surface area contributed by atoms with E-state index in [1.54, 1.807) is 0 Å². The Bertz CT molecular complexity index is 334. The van der Waals surface area contributed by atoms with Crippen LogP contribution in [0.25, 0.3) is 0 Å². The minimum absolute atomic E-state index is 0.535. The second kappa shape index (κ2) is 11.2. The first kappa shape index (κ1) is 17.6. The fourth-order valence-electron chi connectivity index (χ4n) is 2.44. The number of rotatable bonds is 11. The summed E-state index contributed by atoms with van der Waals surface area (Å²) in [6.45, 7) is 7.83. The van der Waals surface area contributed by atoms with E-state index in [1.807, 2.05) is 11.8 Å².